The summed E-state index contributed by atoms with van der Waals surface area (Å²) in [6.07, 6.45) is -4.56. The Morgan fingerprint density at radius 3 is 2.04 bits per heavy atom. The van der Waals surface area contributed by atoms with Gasteiger partial charge < -0.3 is 14.0 Å². The monoisotopic (exact) mass is 417 g/mol. The van der Waals surface area contributed by atoms with Crippen LogP contribution in [-0.2, 0) is 37.1 Å². The van der Waals surface area contributed by atoms with Crippen LogP contribution in [0.2, 0.25) is 0 Å². The summed E-state index contributed by atoms with van der Waals surface area (Å²) in [6, 6.07) is 3.81. The Hall–Kier alpha value is -2.82. The van der Waals surface area contributed by atoms with Gasteiger partial charge in [-0.2, -0.15) is 13.2 Å². The first-order chi connectivity index (χ1) is 13.0. The highest BCUT2D eigenvalue weighted by atomic mass is 32.2. The number of sulfone groups is 1. The highest BCUT2D eigenvalue weighted by Crippen LogP contribution is 2.39. The molecule has 2 heterocycles. The number of hydrogen-bond acceptors (Lipinski definition) is 6. The second-order valence-electron chi connectivity index (χ2n) is 6.05. The van der Waals surface area contributed by atoms with Gasteiger partial charge in [-0.3, -0.25) is 0 Å². The number of carbonyl (C=O) groups excluding carboxylic acids is 2. The minimum absolute atomic E-state index is 0.0166. The lowest BCUT2D eigenvalue weighted by Crippen LogP contribution is -2.13. The molecule has 0 N–H and O–H groups in total. The Balaban J connectivity index is 2.31. The molecule has 0 aliphatic carbocycles. The van der Waals surface area contributed by atoms with E-state index in [1.165, 1.54) is 4.57 Å². The van der Waals surface area contributed by atoms with Crippen molar-refractivity contribution in [2.24, 2.45) is 0 Å². The number of rotatable bonds is 3. The molecule has 1 aromatic carbocycles. The molecule has 150 valence electrons. The first-order valence-corrected chi connectivity index (χ1v) is 9.62. The number of nitrogens with zero attached hydrogens (tertiary/aromatic N) is 1. The zero-order valence-corrected chi connectivity index (χ0v) is 15.5. The minimum atomic E-state index is -4.56. The quantitative estimate of drug-likeness (QED) is 0.713. The van der Waals surface area contributed by atoms with Crippen LogP contribution in [0.3, 0.4) is 0 Å². The molecule has 0 atom stereocenters. The van der Waals surface area contributed by atoms with Gasteiger partial charge in [0, 0.05) is 5.69 Å². The average Bonchev–Trinajstić information content (AvgIpc) is 3.09. The van der Waals surface area contributed by atoms with Crippen molar-refractivity contribution in [3.05, 3.63) is 46.6 Å². The van der Waals surface area contributed by atoms with Gasteiger partial charge in [0.15, 0.2) is 9.84 Å². The van der Waals surface area contributed by atoms with E-state index in [0.717, 1.165) is 38.5 Å². The maximum Gasteiger partial charge on any atom is 0.416 e. The van der Waals surface area contributed by atoms with E-state index in [-0.39, 0.29) is 28.1 Å². The van der Waals surface area contributed by atoms with E-state index < -0.39 is 45.1 Å². The number of fused-ring (bicyclic) bond motifs is 1. The second kappa shape index (κ2) is 6.66. The van der Waals surface area contributed by atoms with Gasteiger partial charge >= 0.3 is 18.1 Å². The van der Waals surface area contributed by atoms with Crippen molar-refractivity contribution in [2.45, 2.75) is 17.8 Å². The summed E-state index contributed by atoms with van der Waals surface area (Å²) in [5.41, 5.74) is -1.30. The van der Waals surface area contributed by atoms with E-state index in [9.17, 15) is 31.2 Å². The molecule has 3 rings (SSSR count). The van der Waals surface area contributed by atoms with Gasteiger partial charge in [0.2, 0.25) is 0 Å². The Labute approximate surface area is 157 Å². The number of halogens is 3. The van der Waals surface area contributed by atoms with Crippen molar-refractivity contribution in [1.29, 1.82) is 0 Å². The molecule has 0 saturated carbocycles. The zero-order valence-electron chi connectivity index (χ0n) is 14.7. The Bertz CT molecular complexity index is 1070. The molecule has 28 heavy (non-hydrogen) atoms. The smallest absolute Gasteiger partial charge is 0.416 e. The molecule has 0 bridgehead atoms. The third kappa shape index (κ3) is 3.26. The van der Waals surface area contributed by atoms with E-state index >= 15 is 0 Å². The number of aromatic nitrogens is 1. The predicted molar refractivity (Wildman–Crippen MR) is 90.2 cm³/mol. The van der Waals surface area contributed by atoms with Crippen LogP contribution in [0.5, 0.6) is 0 Å². The number of esters is 2. The Kier molecular flexibility index (Phi) is 4.74. The van der Waals surface area contributed by atoms with Crippen LogP contribution in [-0.4, -0.2) is 39.1 Å². The van der Waals surface area contributed by atoms with Crippen molar-refractivity contribution in [2.75, 3.05) is 14.2 Å². The normalized spacial score (nSPS) is 15.2. The molecule has 0 unspecified atom stereocenters. The van der Waals surface area contributed by atoms with Crippen LogP contribution in [0.15, 0.2) is 24.3 Å². The number of methoxy groups -OCH3 is 2. The molecular weight excluding hydrogens is 403 g/mol. The lowest BCUT2D eigenvalue weighted by atomic mass is 10.0. The van der Waals surface area contributed by atoms with Crippen LogP contribution in [0, 0.1) is 0 Å². The molecule has 1 aliphatic heterocycles. The van der Waals surface area contributed by atoms with Crippen LogP contribution in [0.1, 0.15) is 32.0 Å². The zero-order chi connectivity index (χ0) is 20.9. The standard InChI is InChI=1S/C17H14F3NO6S/c1-26-15(22)12-11-7-28(24,25)8-21(11)14(13(12)16(23)27-2)9-3-5-10(6-4-9)17(18,19)20/h3-6H,7-8H2,1-2H3. The van der Waals surface area contributed by atoms with Crippen molar-refractivity contribution >= 4 is 21.8 Å². The lowest BCUT2D eigenvalue weighted by Gasteiger charge is -2.11. The molecule has 1 aromatic heterocycles. The largest absolute Gasteiger partial charge is 0.465 e. The van der Waals surface area contributed by atoms with E-state index in [1.807, 2.05) is 0 Å². The van der Waals surface area contributed by atoms with Crippen LogP contribution >= 0.6 is 0 Å². The fourth-order valence-electron chi connectivity index (χ4n) is 3.15. The molecule has 0 spiro atoms. The SMILES string of the molecule is COC(=O)c1c(C(=O)OC)c(-c2ccc(C(F)(F)F)cc2)n2c1CS(=O)(=O)C2. The van der Waals surface area contributed by atoms with Crippen LogP contribution in [0.4, 0.5) is 13.2 Å². The number of hydrogen-bond donors (Lipinski definition) is 0. The summed E-state index contributed by atoms with van der Waals surface area (Å²) < 4.78 is 73.3. The molecule has 0 fully saturated rings. The van der Waals surface area contributed by atoms with Gasteiger partial charge in [-0.15, -0.1) is 0 Å². The van der Waals surface area contributed by atoms with Gasteiger partial charge in [0.25, 0.3) is 0 Å². The minimum Gasteiger partial charge on any atom is -0.465 e. The predicted octanol–water partition coefficient (Wildman–Crippen LogP) is 2.63. The highest BCUT2D eigenvalue weighted by molar-refractivity contribution is 7.89. The summed E-state index contributed by atoms with van der Waals surface area (Å²) in [4.78, 5) is 24.6. The van der Waals surface area contributed by atoms with Crippen molar-refractivity contribution in [1.82, 2.24) is 4.57 Å². The van der Waals surface area contributed by atoms with Gasteiger partial charge in [-0.05, 0) is 17.7 Å². The summed E-state index contributed by atoms with van der Waals surface area (Å²) in [5.74, 6) is -2.92. The first-order valence-electron chi connectivity index (χ1n) is 7.80. The number of ether oxygens (including phenoxy) is 2. The van der Waals surface area contributed by atoms with Gasteiger partial charge in [-0.25, -0.2) is 18.0 Å². The molecule has 1 aliphatic rings. The second-order valence-corrected chi connectivity index (χ2v) is 8.08. The highest BCUT2D eigenvalue weighted by Gasteiger charge is 2.39. The summed E-state index contributed by atoms with van der Waals surface area (Å²) in [6.45, 7) is 0. The third-order valence-electron chi connectivity index (χ3n) is 4.32. The maximum absolute atomic E-state index is 12.8. The third-order valence-corrected chi connectivity index (χ3v) is 5.68. The number of benzene rings is 1. The number of carbonyl (C=O) groups is 2. The fourth-order valence-corrected chi connectivity index (χ4v) is 4.64. The molecule has 0 radical (unpaired) electrons. The van der Waals surface area contributed by atoms with Crippen molar-refractivity contribution < 1.29 is 40.7 Å². The molecule has 2 aromatic rings. The Morgan fingerprint density at radius 2 is 1.54 bits per heavy atom. The molecule has 11 heteroatoms. The number of alkyl halides is 3. The van der Waals surface area contributed by atoms with E-state index in [2.05, 4.69) is 4.74 Å². The molecule has 0 saturated heterocycles. The summed E-state index contributed by atoms with van der Waals surface area (Å²) >= 11 is 0. The van der Waals surface area contributed by atoms with Crippen LogP contribution in [0.25, 0.3) is 11.3 Å². The van der Waals surface area contributed by atoms with Crippen molar-refractivity contribution in [3.8, 4) is 11.3 Å². The maximum atomic E-state index is 12.8. The van der Waals surface area contributed by atoms with Gasteiger partial charge in [-0.1, -0.05) is 12.1 Å². The van der Waals surface area contributed by atoms with Crippen LogP contribution < -0.4 is 0 Å². The first kappa shape index (κ1) is 19.9. The molecule has 7 nitrogen and oxygen atoms in total. The van der Waals surface area contributed by atoms with Gasteiger partial charge in [0.05, 0.1) is 36.8 Å². The van der Waals surface area contributed by atoms with E-state index in [1.54, 1.807) is 0 Å². The topological polar surface area (TPSA) is 91.7 Å². The average molecular weight is 417 g/mol. The van der Waals surface area contributed by atoms with Crippen molar-refractivity contribution in [3.63, 3.8) is 0 Å². The lowest BCUT2D eigenvalue weighted by molar-refractivity contribution is -0.137. The van der Waals surface area contributed by atoms with Gasteiger partial charge in [0.1, 0.15) is 11.4 Å². The molecule has 0 amide bonds. The molecular formula is C17H14F3NO6S. The van der Waals surface area contributed by atoms with E-state index in [4.69, 9.17) is 4.74 Å². The summed E-state index contributed by atoms with van der Waals surface area (Å²) in [5, 5.41) is 0. The van der Waals surface area contributed by atoms with E-state index in [0.29, 0.717) is 0 Å². The fraction of sp³-hybridized carbons (Fsp3) is 0.294. The summed E-state index contributed by atoms with van der Waals surface area (Å²) in [7, 11) is -1.48. The Morgan fingerprint density at radius 1 is 1.00 bits per heavy atom.